The lowest BCUT2D eigenvalue weighted by molar-refractivity contribution is -0.266. The normalized spacial score (nSPS) is 23.8. The van der Waals surface area contributed by atoms with Crippen LogP contribution in [0.15, 0.2) is 36.8 Å². The molecule has 0 saturated carbocycles. The summed E-state index contributed by atoms with van der Waals surface area (Å²) in [7, 11) is 4.53. The molecule has 7 atom stereocenters. The Kier molecular flexibility index (Phi) is 12.3. The van der Waals surface area contributed by atoms with Crippen LogP contribution < -0.4 is 14.5 Å². The number of hydrogen-bond acceptors (Lipinski definition) is 14. The Labute approximate surface area is 316 Å². The largest absolute Gasteiger partial charge is 0.467 e. The Morgan fingerprint density at radius 2 is 1.76 bits per heavy atom. The third-order valence-corrected chi connectivity index (χ3v) is 9.95. The van der Waals surface area contributed by atoms with E-state index in [4.69, 9.17) is 40.5 Å². The van der Waals surface area contributed by atoms with Crippen molar-refractivity contribution in [2.75, 3.05) is 44.1 Å². The second kappa shape index (κ2) is 16.7. The smallest absolute Gasteiger partial charge is 0.335 e. The van der Waals surface area contributed by atoms with Crippen molar-refractivity contribution in [2.45, 2.75) is 71.2 Å². The molecule has 2 saturated heterocycles. The molecule has 2 aliphatic rings. The topological polar surface area (TPSA) is 196 Å². The van der Waals surface area contributed by atoms with E-state index in [2.05, 4.69) is 16.9 Å². The molecule has 2 amide bonds. The number of benzene rings is 1. The van der Waals surface area contributed by atoms with Gasteiger partial charge in [-0.15, -0.1) is 0 Å². The molecule has 18 heteroatoms. The van der Waals surface area contributed by atoms with E-state index in [1.54, 1.807) is 24.1 Å². The molecular weight excluding hydrogens is 726 g/mol. The number of piperidine rings is 1. The fraction of sp³-hybridized carbons (Fsp3) is 0.500. The third kappa shape index (κ3) is 8.19. The number of halogens is 1. The standard InChI is InChI=1S/C36H42ClN7O10/c1-19-11-14-43(28(47)10-13-38)17-26(19)41(5)32-24-12-15-44(33(24)40-18-39-32)36(49)42(6)25-16-23(37)8-9-27(25)53-35-31(52-22(4)46)29(51-21(3)45)20(2)30(54-35)34(48)50-7/h8-9,12,15-16,18-20,26,29-31,35H,10-11,14,17H2,1-7H3/t19-,20+,26?,29+,30+,31-,35-/m1/s1. The number of esters is 3. The minimum atomic E-state index is -1.51. The number of nitriles is 1. The summed E-state index contributed by atoms with van der Waals surface area (Å²) >= 11 is 6.41. The quantitative estimate of drug-likeness (QED) is 0.226. The maximum absolute atomic E-state index is 14.2. The zero-order valence-corrected chi connectivity index (χ0v) is 31.7. The number of nitrogens with zero attached hydrogens (tertiary/aromatic N) is 7. The summed E-state index contributed by atoms with van der Waals surface area (Å²) in [4.78, 5) is 77.8. The van der Waals surface area contributed by atoms with E-state index in [0.29, 0.717) is 29.9 Å². The summed E-state index contributed by atoms with van der Waals surface area (Å²) in [6.07, 6.45) is -1.81. The number of carbonyl (C=O) groups is 5. The molecule has 17 nitrogen and oxygen atoms in total. The van der Waals surface area contributed by atoms with Gasteiger partial charge in [-0.05, 0) is 36.6 Å². The highest BCUT2D eigenvalue weighted by atomic mass is 35.5. The van der Waals surface area contributed by atoms with E-state index in [1.807, 2.05) is 18.0 Å². The lowest BCUT2D eigenvalue weighted by Gasteiger charge is -2.43. The average Bonchev–Trinajstić information content (AvgIpc) is 3.58. The lowest BCUT2D eigenvalue weighted by Crippen LogP contribution is -2.60. The number of amides is 2. The van der Waals surface area contributed by atoms with Gasteiger partial charge < -0.3 is 33.5 Å². The Balaban J connectivity index is 1.46. The number of fused-ring (bicyclic) bond motifs is 1. The second-order valence-electron chi connectivity index (χ2n) is 13.3. The molecule has 0 N–H and O–H groups in total. The molecule has 2 aromatic heterocycles. The summed E-state index contributed by atoms with van der Waals surface area (Å²) in [6.45, 7) is 6.99. The van der Waals surface area contributed by atoms with Crippen LogP contribution in [0.25, 0.3) is 11.0 Å². The minimum absolute atomic E-state index is 0.0467. The highest BCUT2D eigenvalue weighted by molar-refractivity contribution is 6.31. The van der Waals surface area contributed by atoms with Gasteiger partial charge in [0.1, 0.15) is 24.3 Å². The van der Waals surface area contributed by atoms with Crippen LogP contribution in [0.5, 0.6) is 5.75 Å². The molecular formula is C36H42ClN7O10. The highest BCUT2D eigenvalue weighted by Crippen LogP contribution is 2.38. The van der Waals surface area contributed by atoms with E-state index in [0.717, 1.165) is 13.3 Å². The van der Waals surface area contributed by atoms with Gasteiger partial charge in [0.05, 0.1) is 30.3 Å². The molecule has 0 bridgehead atoms. The number of methoxy groups -OCH3 is 1. The van der Waals surface area contributed by atoms with E-state index < -0.39 is 54.5 Å². The second-order valence-corrected chi connectivity index (χ2v) is 13.7. The molecule has 2 aliphatic heterocycles. The van der Waals surface area contributed by atoms with Crippen molar-refractivity contribution in [1.29, 1.82) is 5.26 Å². The molecule has 288 valence electrons. The molecule has 1 unspecified atom stereocenters. The molecule has 0 aliphatic carbocycles. The van der Waals surface area contributed by atoms with Crippen LogP contribution in [0.3, 0.4) is 0 Å². The fourth-order valence-electron chi connectivity index (χ4n) is 6.87. The van der Waals surface area contributed by atoms with E-state index in [-0.39, 0.29) is 40.7 Å². The van der Waals surface area contributed by atoms with Crippen molar-refractivity contribution in [2.24, 2.45) is 11.8 Å². The van der Waals surface area contributed by atoms with Crippen molar-refractivity contribution in [1.82, 2.24) is 19.4 Å². The van der Waals surface area contributed by atoms with Crippen LogP contribution in [-0.4, -0.2) is 114 Å². The van der Waals surface area contributed by atoms with Crippen molar-refractivity contribution >= 4 is 64.0 Å². The number of likely N-dealkylation sites (tertiary alicyclic amines) is 1. The van der Waals surface area contributed by atoms with Gasteiger partial charge in [-0.1, -0.05) is 25.4 Å². The van der Waals surface area contributed by atoms with Crippen LogP contribution >= 0.6 is 11.6 Å². The van der Waals surface area contributed by atoms with E-state index in [1.165, 1.54) is 55.1 Å². The van der Waals surface area contributed by atoms with E-state index in [9.17, 15) is 24.0 Å². The molecule has 4 heterocycles. The zero-order valence-electron chi connectivity index (χ0n) is 30.9. The van der Waals surface area contributed by atoms with Crippen molar-refractivity contribution in [3.05, 3.63) is 41.8 Å². The van der Waals surface area contributed by atoms with Crippen molar-refractivity contribution in [3.8, 4) is 11.8 Å². The Hall–Kier alpha value is -5.47. The summed E-state index contributed by atoms with van der Waals surface area (Å²) in [5, 5.41) is 9.88. The first-order valence-electron chi connectivity index (χ1n) is 17.2. The SMILES string of the molecule is COC(=O)[C@H]1O[C@@H](Oc2ccc(Cl)cc2N(C)C(=O)n2ccc3c(N(C)C4CN(C(=O)CC#N)CC[C@H]4C)ncnc32)[C@H](OC(C)=O)[C@@H](OC(C)=O)[C@@H]1C. The van der Waals surface area contributed by atoms with Gasteiger partial charge in [-0.3, -0.25) is 23.9 Å². The monoisotopic (exact) mass is 767 g/mol. The number of hydrogen-bond donors (Lipinski definition) is 0. The minimum Gasteiger partial charge on any atom is -0.467 e. The fourth-order valence-corrected chi connectivity index (χ4v) is 7.03. The average molecular weight is 768 g/mol. The molecule has 0 radical (unpaired) electrons. The molecule has 0 spiro atoms. The van der Waals surface area contributed by atoms with Gasteiger partial charge in [0.2, 0.25) is 18.3 Å². The van der Waals surface area contributed by atoms with E-state index >= 15 is 0 Å². The van der Waals surface area contributed by atoms with Crippen LogP contribution in [0.4, 0.5) is 16.3 Å². The maximum atomic E-state index is 14.2. The number of aromatic nitrogens is 3. The highest BCUT2D eigenvalue weighted by Gasteiger charge is 2.52. The molecule has 5 rings (SSSR count). The van der Waals surface area contributed by atoms with Gasteiger partial charge in [0.25, 0.3) is 0 Å². The maximum Gasteiger partial charge on any atom is 0.335 e. The predicted octanol–water partition coefficient (Wildman–Crippen LogP) is 3.55. The zero-order chi connectivity index (χ0) is 39.4. The molecule has 1 aromatic carbocycles. The van der Waals surface area contributed by atoms with Crippen molar-refractivity contribution < 1.29 is 47.7 Å². The number of likely N-dealkylation sites (N-methyl/N-ethyl adjacent to an activating group) is 1. The first-order valence-corrected chi connectivity index (χ1v) is 17.6. The predicted molar refractivity (Wildman–Crippen MR) is 193 cm³/mol. The van der Waals surface area contributed by atoms with Gasteiger partial charge >= 0.3 is 23.9 Å². The third-order valence-electron chi connectivity index (χ3n) is 9.72. The molecule has 2 fully saturated rings. The summed E-state index contributed by atoms with van der Waals surface area (Å²) in [5.74, 6) is -2.42. The summed E-state index contributed by atoms with van der Waals surface area (Å²) in [5.41, 5.74) is 0.472. The van der Waals surface area contributed by atoms with Gasteiger partial charge in [-0.2, -0.15) is 5.26 Å². The molecule has 3 aromatic rings. The lowest BCUT2D eigenvalue weighted by atomic mass is 9.90. The number of ether oxygens (including phenoxy) is 5. The number of anilines is 2. The van der Waals surface area contributed by atoms with Crippen LogP contribution in [0, 0.1) is 23.2 Å². The Morgan fingerprint density at radius 1 is 1.06 bits per heavy atom. The van der Waals surface area contributed by atoms with Crippen LogP contribution in [0.2, 0.25) is 5.02 Å². The van der Waals surface area contributed by atoms with Crippen LogP contribution in [-0.2, 0) is 38.1 Å². The Morgan fingerprint density at radius 3 is 2.43 bits per heavy atom. The van der Waals surface area contributed by atoms with Crippen molar-refractivity contribution in [3.63, 3.8) is 0 Å². The number of rotatable bonds is 9. The van der Waals surface area contributed by atoms with Gasteiger partial charge in [0, 0.05) is 58.2 Å². The summed E-state index contributed by atoms with van der Waals surface area (Å²) in [6, 6.07) is 7.42. The van der Waals surface area contributed by atoms with Crippen LogP contribution in [0.1, 0.15) is 40.5 Å². The van der Waals surface area contributed by atoms with Gasteiger partial charge in [0.15, 0.2) is 17.9 Å². The summed E-state index contributed by atoms with van der Waals surface area (Å²) < 4.78 is 29.5. The Bertz CT molecular complexity index is 1970. The van der Waals surface area contributed by atoms with Gasteiger partial charge in [-0.25, -0.2) is 19.6 Å². The first kappa shape index (κ1) is 39.7. The first-order chi connectivity index (χ1) is 25.7. The number of carbonyl (C=O) groups excluding carboxylic acids is 5. The molecule has 54 heavy (non-hydrogen) atoms.